The van der Waals surface area contributed by atoms with Crippen molar-refractivity contribution in [1.82, 2.24) is 9.66 Å². The summed E-state index contributed by atoms with van der Waals surface area (Å²) in [6, 6.07) is 21.0. The number of ether oxygens (including phenoxy) is 3. The second kappa shape index (κ2) is 14.3. The first-order valence-electron chi connectivity index (χ1n) is 14.4. The molecule has 0 aliphatic rings. The zero-order chi connectivity index (χ0) is 32.2. The van der Waals surface area contributed by atoms with Crippen LogP contribution in [0.1, 0.15) is 48.9 Å². The van der Waals surface area contributed by atoms with Crippen molar-refractivity contribution in [2.75, 3.05) is 13.7 Å². The molecule has 1 aromatic heterocycles. The van der Waals surface area contributed by atoms with Gasteiger partial charge in [0.25, 0.3) is 5.56 Å². The highest BCUT2D eigenvalue weighted by Gasteiger charge is 2.19. The van der Waals surface area contributed by atoms with Crippen LogP contribution in [0.2, 0.25) is 0 Å². The third-order valence-electron chi connectivity index (χ3n) is 7.23. The Kier molecular flexibility index (Phi) is 10.5. The molecule has 0 fully saturated rings. The van der Waals surface area contributed by atoms with Crippen molar-refractivity contribution in [2.24, 2.45) is 5.10 Å². The number of nitrogens with zero attached hydrogens (tertiary/aromatic N) is 3. The van der Waals surface area contributed by atoms with Gasteiger partial charge in [-0.2, -0.15) is 9.78 Å². The van der Waals surface area contributed by atoms with Crippen molar-refractivity contribution in [1.29, 1.82) is 0 Å². The smallest absolute Gasteiger partial charge is 0.282 e. The lowest BCUT2D eigenvalue weighted by atomic mass is 9.96. The molecule has 1 heterocycles. The molecule has 5 rings (SSSR count). The highest BCUT2D eigenvalue weighted by Crippen LogP contribution is 2.38. The van der Waals surface area contributed by atoms with Crippen LogP contribution in [0, 0.1) is 6.92 Å². The fourth-order valence-electron chi connectivity index (χ4n) is 4.95. The Bertz CT molecular complexity index is 1970. The van der Waals surface area contributed by atoms with E-state index in [1.165, 1.54) is 4.68 Å². The van der Waals surface area contributed by atoms with Crippen molar-refractivity contribution in [3.05, 3.63) is 113 Å². The summed E-state index contributed by atoms with van der Waals surface area (Å²) in [5, 5.41) is 5.18. The van der Waals surface area contributed by atoms with Crippen LogP contribution in [0.4, 0.5) is 0 Å². The predicted octanol–water partition coefficient (Wildman–Crippen LogP) is 9.65. The van der Waals surface area contributed by atoms with Crippen LogP contribution in [0.25, 0.3) is 22.3 Å². The van der Waals surface area contributed by atoms with Crippen LogP contribution in [-0.2, 0) is 6.61 Å². The monoisotopic (exact) mass is 795 g/mol. The second-order valence-electron chi connectivity index (χ2n) is 10.7. The van der Waals surface area contributed by atoms with Gasteiger partial charge in [-0.25, -0.2) is 4.98 Å². The molecule has 0 bridgehead atoms. The molecule has 4 aromatic carbocycles. The number of aromatic nitrogens is 2. The minimum atomic E-state index is -0.266. The number of rotatable bonds is 10. The average molecular weight is 798 g/mol. The Hall–Kier alpha value is -3.47. The molecule has 0 aliphatic carbocycles. The van der Waals surface area contributed by atoms with Gasteiger partial charge in [0.15, 0.2) is 17.3 Å². The van der Waals surface area contributed by atoms with E-state index in [0.717, 1.165) is 36.9 Å². The van der Waals surface area contributed by atoms with Crippen molar-refractivity contribution in [3.8, 4) is 28.6 Å². The van der Waals surface area contributed by atoms with E-state index < -0.39 is 0 Å². The van der Waals surface area contributed by atoms with Crippen LogP contribution >= 0.6 is 47.8 Å². The van der Waals surface area contributed by atoms with E-state index in [1.807, 2.05) is 74.5 Å². The molecule has 7 nitrogen and oxygen atoms in total. The normalized spacial score (nSPS) is 11.5. The van der Waals surface area contributed by atoms with Gasteiger partial charge in [-0.1, -0.05) is 63.9 Å². The maximum absolute atomic E-state index is 13.9. The molecule has 10 heteroatoms. The minimum absolute atomic E-state index is 0.198. The lowest BCUT2D eigenvalue weighted by Gasteiger charge is -2.17. The molecule has 0 spiro atoms. The summed E-state index contributed by atoms with van der Waals surface area (Å²) < 4.78 is 21.8. The number of fused-ring (bicyclic) bond motifs is 1. The molecule has 0 amide bonds. The number of hydrogen-bond acceptors (Lipinski definition) is 6. The fourth-order valence-corrected chi connectivity index (χ4v) is 6.69. The largest absolute Gasteiger partial charge is 0.496 e. The number of hydrogen-bond donors (Lipinski definition) is 0. The summed E-state index contributed by atoms with van der Waals surface area (Å²) >= 11 is 10.7. The molecule has 0 radical (unpaired) electrons. The number of methoxy groups -OCH3 is 1. The van der Waals surface area contributed by atoms with Crippen molar-refractivity contribution < 1.29 is 14.2 Å². The van der Waals surface area contributed by atoms with Crippen molar-refractivity contribution in [2.45, 2.75) is 40.2 Å². The number of para-hydroxylation sites is 1. The van der Waals surface area contributed by atoms with Gasteiger partial charge in [0.2, 0.25) is 0 Å². The Labute approximate surface area is 287 Å². The van der Waals surface area contributed by atoms with E-state index in [9.17, 15) is 4.79 Å². The first-order chi connectivity index (χ1) is 21.6. The number of benzene rings is 4. The van der Waals surface area contributed by atoms with Gasteiger partial charge < -0.3 is 14.2 Å². The molecule has 0 saturated heterocycles. The number of halogens is 3. The van der Waals surface area contributed by atoms with Crippen LogP contribution < -0.4 is 19.8 Å². The van der Waals surface area contributed by atoms with E-state index >= 15 is 0 Å². The van der Waals surface area contributed by atoms with Gasteiger partial charge in [-0.15, -0.1) is 0 Å². The van der Waals surface area contributed by atoms with E-state index in [-0.39, 0.29) is 11.5 Å². The standard InChI is InChI=1S/C35H32Br3N3O4/c1-6-44-32-15-22(14-29(38)33(32)45-19-23-11-12-24(36)16-28(23)37)18-39-41-34(40-30-10-8-7-9-25(30)35(41)42)27-17-26(20(2)3)31(43-5)13-21(27)4/h7-18,20H,6,19H2,1-5H3. The highest BCUT2D eigenvalue weighted by atomic mass is 79.9. The zero-order valence-electron chi connectivity index (χ0n) is 25.5. The Morgan fingerprint density at radius 1 is 0.956 bits per heavy atom. The molecule has 0 saturated carbocycles. The lowest BCUT2D eigenvalue weighted by molar-refractivity contribution is 0.267. The molecule has 45 heavy (non-hydrogen) atoms. The molecule has 0 atom stereocenters. The first kappa shape index (κ1) is 32.9. The van der Waals surface area contributed by atoms with Crippen LogP contribution in [0.3, 0.4) is 0 Å². The second-order valence-corrected chi connectivity index (χ2v) is 13.3. The Morgan fingerprint density at radius 2 is 1.73 bits per heavy atom. The van der Waals surface area contributed by atoms with Gasteiger partial charge in [0, 0.05) is 20.1 Å². The topological polar surface area (TPSA) is 74.9 Å². The van der Waals surface area contributed by atoms with Crippen LogP contribution in [0.5, 0.6) is 17.2 Å². The van der Waals surface area contributed by atoms with Gasteiger partial charge in [0.05, 0.1) is 35.3 Å². The zero-order valence-corrected chi connectivity index (χ0v) is 30.3. The summed E-state index contributed by atoms with van der Waals surface area (Å²) in [7, 11) is 1.67. The van der Waals surface area contributed by atoms with Gasteiger partial charge in [0.1, 0.15) is 12.4 Å². The SMILES string of the molecule is CCOc1cc(C=Nn2c(-c3cc(C(C)C)c(OC)cc3C)nc3ccccc3c2=O)cc(Br)c1OCc1ccc(Br)cc1Br. The lowest BCUT2D eigenvalue weighted by Crippen LogP contribution is -2.20. The molecular formula is C35H32Br3N3O4. The summed E-state index contributed by atoms with van der Waals surface area (Å²) in [6.07, 6.45) is 1.63. The van der Waals surface area contributed by atoms with E-state index in [0.29, 0.717) is 51.5 Å². The average Bonchev–Trinajstić information content (AvgIpc) is 3.01. The van der Waals surface area contributed by atoms with Crippen LogP contribution in [-0.4, -0.2) is 29.6 Å². The molecule has 0 aliphatic heterocycles. The molecule has 0 unspecified atom stereocenters. The first-order valence-corrected chi connectivity index (χ1v) is 16.8. The van der Waals surface area contributed by atoms with E-state index in [2.05, 4.69) is 61.6 Å². The highest BCUT2D eigenvalue weighted by molar-refractivity contribution is 9.11. The summed E-state index contributed by atoms with van der Waals surface area (Å²) in [5.41, 5.74) is 4.78. The maximum atomic E-state index is 13.9. The molecule has 232 valence electrons. The Balaban J connectivity index is 1.59. The summed E-state index contributed by atoms with van der Waals surface area (Å²) in [6.45, 7) is 8.89. The van der Waals surface area contributed by atoms with Gasteiger partial charge in [-0.3, -0.25) is 4.79 Å². The fraction of sp³-hybridized carbons (Fsp3) is 0.229. The van der Waals surface area contributed by atoms with Crippen molar-refractivity contribution >= 4 is 64.9 Å². The minimum Gasteiger partial charge on any atom is -0.496 e. The van der Waals surface area contributed by atoms with E-state index in [4.69, 9.17) is 24.3 Å². The maximum Gasteiger partial charge on any atom is 0.282 e. The van der Waals surface area contributed by atoms with Gasteiger partial charge in [-0.05, 0) is 101 Å². The van der Waals surface area contributed by atoms with Gasteiger partial charge >= 0.3 is 0 Å². The molecular weight excluding hydrogens is 766 g/mol. The summed E-state index contributed by atoms with van der Waals surface area (Å²) in [5.74, 6) is 2.57. The van der Waals surface area contributed by atoms with Crippen molar-refractivity contribution in [3.63, 3.8) is 0 Å². The molecule has 5 aromatic rings. The third kappa shape index (κ3) is 7.18. The summed E-state index contributed by atoms with van der Waals surface area (Å²) in [4.78, 5) is 18.8. The van der Waals surface area contributed by atoms with E-state index in [1.54, 1.807) is 19.4 Å². The third-order valence-corrected chi connectivity index (χ3v) is 9.06. The molecule has 0 N–H and O–H groups in total. The van der Waals surface area contributed by atoms with Crippen LogP contribution in [0.15, 0.2) is 90.0 Å². The number of aryl methyl sites for hydroxylation is 1. The quantitative estimate of drug-likeness (QED) is 0.132. The Morgan fingerprint density at radius 3 is 2.44 bits per heavy atom. The predicted molar refractivity (Wildman–Crippen MR) is 191 cm³/mol.